The number of rotatable bonds is 5. The van der Waals surface area contributed by atoms with E-state index in [4.69, 9.17) is 34.1 Å². The Bertz CT molecular complexity index is 1480. The van der Waals surface area contributed by atoms with Gasteiger partial charge in [0.1, 0.15) is 0 Å². The number of hydrogen-bond donors (Lipinski definition) is 0. The minimum atomic E-state index is -0.826. The Labute approximate surface area is 340 Å². The zero-order chi connectivity index (χ0) is 34.7. The fraction of sp³-hybridized carbons (Fsp3) is 0.545. The van der Waals surface area contributed by atoms with Gasteiger partial charge in [-0.2, -0.15) is 91.0 Å². The molecule has 0 heterocycles. The van der Waals surface area contributed by atoms with Gasteiger partial charge in [0.05, 0.1) is 0 Å². The van der Waals surface area contributed by atoms with Crippen LogP contribution in [0.15, 0.2) is 48.5 Å². The van der Waals surface area contributed by atoms with E-state index >= 15 is 0 Å². The van der Waals surface area contributed by atoms with Gasteiger partial charge < -0.3 is 0 Å². The van der Waals surface area contributed by atoms with Crippen molar-refractivity contribution in [3.63, 3.8) is 0 Å². The number of fused-ring (bicyclic) bond motifs is 4. The van der Waals surface area contributed by atoms with Crippen molar-refractivity contribution in [2.24, 2.45) is 0 Å². The number of halogens is 4. The third kappa shape index (κ3) is 9.94. The van der Waals surface area contributed by atoms with Crippen LogP contribution >= 0.6 is 34.1 Å². The first kappa shape index (κ1) is 40.0. The van der Waals surface area contributed by atoms with Gasteiger partial charge in [-0.15, -0.1) is 0 Å². The predicted molar refractivity (Wildman–Crippen MR) is 209 cm³/mol. The van der Waals surface area contributed by atoms with E-state index in [-0.39, 0.29) is 0 Å². The average Bonchev–Trinajstić information content (AvgIpc) is 3.97. The molecular formula is C44H54Cl4Zr2. The quantitative estimate of drug-likeness (QED) is 0.175. The molecule has 0 aliphatic heterocycles. The fourth-order valence-corrected chi connectivity index (χ4v) is 10.3. The van der Waals surface area contributed by atoms with Gasteiger partial charge in [-0.3, -0.25) is 0 Å². The van der Waals surface area contributed by atoms with Crippen molar-refractivity contribution in [1.82, 2.24) is 0 Å². The Morgan fingerprint density at radius 3 is 1.10 bits per heavy atom. The Kier molecular flexibility index (Phi) is 16.7. The van der Waals surface area contributed by atoms with Crippen molar-refractivity contribution in [2.75, 3.05) is 0 Å². The van der Waals surface area contributed by atoms with Crippen LogP contribution in [0.1, 0.15) is 156 Å². The van der Waals surface area contributed by atoms with Crippen LogP contribution in [0.2, 0.25) is 0 Å². The van der Waals surface area contributed by atoms with E-state index in [1.165, 1.54) is 141 Å². The molecule has 0 amide bonds. The van der Waals surface area contributed by atoms with E-state index in [0.29, 0.717) is 0 Å². The van der Waals surface area contributed by atoms with Crippen LogP contribution < -0.4 is 0 Å². The summed E-state index contributed by atoms with van der Waals surface area (Å²) >= 11 is -1.65. The Morgan fingerprint density at radius 2 is 0.720 bits per heavy atom. The first-order chi connectivity index (χ1) is 24.7. The maximum absolute atomic E-state index is 4.93. The SMILES string of the molecule is [Cl][Zr+2][Cl].[Cl][Zr+2][Cl].c1c[c-](C2CCCCC2[c-]2ccc3c2CCCC3)c2c1CCCC2.c1c[c-](CC[c-]2ccc3c2CCCC3)c2c1CCCC2. The van der Waals surface area contributed by atoms with Crippen molar-refractivity contribution < 1.29 is 41.7 Å². The molecule has 0 nitrogen and oxygen atoms in total. The molecule has 0 saturated heterocycles. The molecular weight excluding hydrogens is 853 g/mol. The fourth-order valence-electron chi connectivity index (χ4n) is 10.3. The third-order valence-corrected chi connectivity index (χ3v) is 12.6. The summed E-state index contributed by atoms with van der Waals surface area (Å²) in [4.78, 5) is 0. The summed E-state index contributed by atoms with van der Waals surface area (Å²) in [7, 11) is 19.7. The van der Waals surface area contributed by atoms with Crippen LogP contribution in [-0.2, 0) is 106 Å². The largest absolute Gasteiger partial charge is 0.210 e. The van der Waals surface area contributed by atoms with E-state index in [2.05, 4.69) is 48.5 Å². The van der Waals surface area contributed by atoms with Crippen LogP contribution in [0.4, 0.5) is 0 Å². The van der Waals surface area contributed by atoms with E-state index < -0.39 is 41.7 Å². The maximum atomic E-state index is 4.93. The molecule has 9 rings (SSSR count). The molecule has 6 heteroatoms. The molecule has 1 fully saturated rings. The zero-order valence-corrected chi connectivity index (χ0v) is 37.8. The van der Waals surface area contributed by atoms with Crippen LogP contribution in [0, 0.1) is 0 Å². The van der Waals surface area contributed by atoms with Gasteiger partial charge in [0, 0.05) is 0 Å². The summed E-state index contributed by atoms with van der Waals surface area (Å²) in [5, 5.41) is 0. The van der Waals surface area contributed by atoms with Crippen molar-refractivity contribution in [3.8, 4) is 0 Å². The Balaban J connectivity index is 0.000000152. The van der Waals surface area contributed by atoms with Gasteiger partial charge in [-0.05, 0) is 0 Å². The van der Waals surface area contributed by atoms with Gasteiger partial charge in [-0.1, -0.05) is 153 Å². The van der Waals surface area contributed by atoms with Gasteiger partial charge >= 0.3 is 75.7 Å². The summed E-state index contributed by atoms with van der Waals surface area (Å²) in [5.41, 5.74) is 20.4. The second kappa shape index (κ2) is 20.9. The Hall–Kier alpha value is 0.326. The maximum Gasteiger partial charge on any atom is -0.0509 e. The normalized spacial score (nSPS) is 20.4. The van der Waals surface area contributed by atoms with Crippen LogP contribution in [0.3, 0.4) is 0 Å². The van der Waals surface area contributed by atoms with E-state index in [1.54, 1.807) is 66.8 Å². The molecule has 266 valence electrons. The monoisotopic (exact) mass is 902 g/mol. The summed E-state index contributed by atoms with van der Waals surface area (Å²) in [5.74, 6) is 1.60. The van der Waals surface area contributed by atoms with Crippen molar-refractivity contribution in [2.45, 2.75) is 153 Å². The van der Waals surface area contributed by atoms with Gasteiger partial charge in [0.2, 0.25) is 0 Å². The van der Waals surface area contributed by atoms with Gasteiger partial charge in [-0.25, -0.2) is 24.3 Å². The first-order valence-electron chi connectivity index (χ1n) is 19.7. The molecule has 0 aromatic heterocycles. The molecule has 4 aromatic rings. The smallest absolute Gasteiger partial charge is 0.0509 e. The second-order valence-electron chi connectivity index (χ2n) is 15.3. The molecule has 0 N–H and O–H groups in total. The molecule has 0 bridgehead atoms. The summed E-state index contributed by atoms with van der Waals surface area (Å²) in [6, 6.07) is 19.6. The van der Waals surface area contributed by atoms with Crippen molar-refractivity contribution >= 4 is 34.1 Å². The molecule has 50 heavy (non-hydrogen) atoms. The molecule has 2 unspecified atom stereocenters. The minimum absolute atomic E-state index is 0.800. The van der Waals surface area contributed by atoms with Gasteiger partial charge in [0.15, 0.2) is 0 Å². The van der Waals surface area contributed by atoms with Crippen molar-refractivity contribution in [3.05, 3.63) is 115 Å². The van der Waals surface area contributed by atoms with Crippen molar-refractivity contribution in [1.29, 1.82) is 0 Å². The standard InChI is InChI=1S/C24H30.C20H24.4ClH.2Zr/c1-3-9-19-17(7-1)13-15-23(19)21-11-5-6-12-22(21)24-16-14-18-8-2-4-10-20(18)24;1-3-7-19-15(5-1)9-11-17(19)13-14-18-12-10-16-6-2-4-8-20(16)18;;;;;;/h13-16,21-22H,1-12H2;9-12H,1-8,13-14H2;4*1H;;/q2*-2;;;;;2*+4/p-4. The molecule has 0 radical (unpaired) electrons. The van der Waals surface area contributed by atoms with Crippen LogP contribution in [0.5, 0.6) is 0 Å². The number of aryl methyl sites for hydroxylation is 6. The second-order valence-corrected chi connectivity index (χ2v) is 22.7. The van der Waals surface area contributed by atoms with E-state index in [1.807, 2.05) is 0 Å². The van der Waals surface area contributed by atoms with E-state index in [9.17, 15) is 0 Å². The summed E-state index contributed by atoms with van der Waals surface area (Å²) in [6.07, 6.45) is 30.1. The predicted octanol–water partition coefficient (Wildman–Crippen LogP) is 13.7. The average molecular weight is 907 g/mol. The Morgan fingerprint density at radius 1 is 0.420 bits per heavy atom. The van der Waals surface area contributed by atoms with E-state index in [0.717, 1.165) is 11.8 Å². The van der Waals surface area contributed by atoms with Gasteiger partial charge in [0.25, 0.3) is 0 Å². The summed E-state index contributed by atoms with van der Waals surface area (Å²) in [6.45, 7) is 0. The first-order valence-corrected chi connectivity index (χ1v) is 32.3. The molecule has 0 spiro atoms. The molecule has 1 saturated carbocycles. The molecule has 4 aromatic carbocycles. The zero-order valence-electron chi connectivity index (χ0n) is 29.8. The molecule has 5 aliphatic carbocycles. The minimum Gasteiger partial charge on any atom is -0.210 e. The molecule has 5 aliphatic rings. The third-order valence-electron chi connectivity index (χ3n) is 12.6. The molecule has 2 atom stereocenters. The summed E-state index contributed by atoms with van der Waals surface area (Å²) < 4.78 is 0. The number of hydrogen-bond acceptors (Lipinski definition) is 0. The topological polar surface area (TPSA) is 0 Å². The van der Waals surface area contributed by atoms with Crippen LogP contribution in [0.25, 0.3) is 0 Å². The van der Waals surface area contributed by atoms with Crippen LogP contribution in [-0.4, -0.2) is 0 Å².